The van der Waals surface area contributed by atoms with Crippen LogP contribution < -0.4 is 4.74 Å². The molecule has 3 rings (SSSR count). The average molecular weight is 295 g/mol. The molecule has 0 aliphatic heterocycles. The van der Waals surface area contributed by atoms with Gasteiger partial charge in [-0.3, -0.25) is 0 Å². The lowest BCUT2D eigenvalue weighted by molar-refractivity contribution is 0.199. The van der Waals surface area contributed by atoms with Crippen molar-refractivity contribution >= 4 is 11.6 Å². The summed E-state index contributed by atoms with van der Waals surface area (Å²) in [5.41, 5.74) is 0.746. The molecule has 1 heterocycles. The van der Waals surface area contributed by atoms with Crippen LogP contribution in [0.1, 0.15) is 49.1 Å². The van der Waals surface area contributed by atoms with Gasteiger partial charge in [0.25, 0.3) is 5.89 Å². The lowest BCUT2D eigenvalue weighted by Crippen LogP contribution is -1.98. The second-order valence-electron chi connectivity index (χ2n) is 4.98. The highest BCUT2D eigenvalue weighted by Crippen LogP contribution is 2.38. The van der Waals surface area contributed by atoms with Gasteiger partial charge in [0.2, 0.25) is 0 Å². The molecule has 1 fully saturated rings. The Morgan fingerprint density at radius 1 is 1.50 bits per heavy atom. The Labute approximate surface area is 121 Å². The summed E-state index contributed by atoms with van der Waals surface area (Å²) in [4.78, 5) is 4.28. The van der Waals surface area contributed by atoms with Gasteiger partial charge in [-0.2, -0.15) is 4.98 Å². The summed E-state index contributed by atoms with van der Waals surface area (Å²) in [5.74, 6) is 2.20. The highest BCUT2D eigenvalue weighted by Gasteiger charge is 2.28. The number of halogens is 1. The van der Waals surface area contributed by atoms with E-state index in [1.807, 2.05) is 0 Å². The van der Waals surface area contributed by atoms with Gasteiger partial charge in [0.15, 0.2) is 12.4 Å². The number of aromatic nitrogens is 2. The van der Waals surface area contributed by atoms with Crippen LogP contribution in [0.15, 0.2) is 22.7 Å². The maximum Gasteiger partial charge on any atom is 0.264 e. The van der Waals surface area contributed by atoms with Crippen LogP contribution in [0.4, 0.5) is 0 Å². The molecule has 1 aromatic heterocycles. The molecule has 6 heteroatoms. The van der Waals surface area contributed by atoms with Gasteiger partial charge in [0, 0.05) is 5.92 Å². The maximum atomic E-state index is 9.47. The number of rotatable bonds is 5. The molecule has 1 aromatic carbocycles. The van der Waals surface area contributed by atoms with Crippen molar-refractivity contribution in [2.24, 2.45) is 0 Å². The van der Waals surface area contributed by atoms with Crippen molar-refractivity contribution in [3.05, 3.63) is 40.5 Å². The predicted molar refractivity (Wildman–Crippen MR) is 72.7 cm³/mol. The van der Waals surface area contributed by atoms with Crippen molar-refractivity contribution in [1.82, 2.24) is 10.1 Å². The number of ether oxygens (including phenoxy) is 1. The summed E-state index contributed by atoms with van der Waals surface area (Å²) < 4.78 is 10.7. The molecule has 5 nitrogen and oxygen atoms in total. The molecule has 1 atom stereocenters. The zero-order chi connectivity index (χ0) is 14.1. The lowest BCUT2D eigenvalue weighted by Gasteiger charge is -2.09. The normalized spacial score (nSPS) is 16.1. The third-order valence-corrected chi connectivity index (χ3v) is 3.51. The molecule has 1 unspecified atom stereocenters. The first-order valence-corrected chi connectivity index (χ1v) is 6.94. The zero-order valence-electron chi connectivity index (χ0n) is 11.0. The Hall–Kier alpha value is -1.59. The Morgan fingerprint density at radius 3 is 2.95 bits per heavy atom. The zero-order valence-corrected chi connectivity index (χ0v) is 11.8. The third-order valence-electron chi connectivity index (χ3n) is 3.22. The molecule has 0 bridgehead atoms. The predicted octanol–water partition coefficient (Wildman–Crippen LogP) is 3.23. The van der Waals surface area contributed by atoms with E-state index < -0.39 is 6.10 Å². The van der Waals surface area contributed by atoms with Crippen molar-refractivity contribution in [3.63, 3.8) is 0 Å². The van der Waals surface area contributed by atoms with Crippen LogP contribution in [0.25, 0.3) is 0 Å². The van der Waals surface area contributed by atoms with Crippen molar-refractivity contribution in [2.45, 2.75) is 38.4 Å². The molecule has 0 amide bonds. The number of aliphatic hydroxyl groups is 1. The van der Waals surface area contributed by atoms with E-state index >= 15 is 0 Å². The Morgan fingerprint density at radius 2 is 2.30 bits per heavy atom. The lowest BCUT2D eigenvalue weighted by atomic mass is 10.1. The van der Waals surface area contributed by atoms with E-state index in [-0.39, 0.29) is 6.61 Å². The van der Waals surface area contributed by atoms with Crippen molar-refractivity contribution in [3.8, 4) is 5.75 Å². The van der Waals surface area contributed by atoms with Gasteiger partial charge in [0.05, 0.1) is 11.1 Å². The fourth-order valence-corrected chi connectivity index (χ4v) is 2.11. The molecular formula is C14H15ClN2O3. The average Bonchev–Trinajstić information content (AvgIpc) is 3.17. The van der Waals surface area contributed by atoms with Crippen LogP contribution in [0.3, 0.4) is 0 Å². The molecule has 0 spiro atoms. The van der Waals surface area contributed by atoms with Gasteiger partial charge in [0.1, 0.15) is 5.75 Å². The van der Waals surface area contributed by atoms with Gasteiger partial charge in [-0.1, -0.05) is 22.8 Å². The summed E-state index contributed by atoms with van der Waals surface area (Å²) >= 11 is 6.10. The first-order chi connectivity index (χ1) is 9.63. The van der Waals surface area contributed by atoms with Crippen molar-refractivity contribution in [2.75, 3.05) is 0 Å². The van der Waals surface area contributed by atoms with Gasteiger partial charge in [-0.15, -0.1) is 0 Å². The second kappa shape index (κ2) is 5.42. The SMILES string of the molecule is CC(O)c1ccc(OCc2nc(C3CC3)no2)c(Cl)c1. The molecule has 1 saturated carbocycles. The highest BCUT2D eigenvalue weighted by atomic mass is 35.5. The number of hydrogen-bond acceptors (Lipinski definition) is 5. The summed E-state index contributed by atoms with van der Waals surface area (Å²) in [6, 6.07) is 5.18. The molecular weight excluding hydrogens is 280 g/mol. The van der Waals surface area contributed by atoms with Crippen LogP contribution >= 0.6 is 11.6 Å². The van der Waals surface area contributed by atoms with Crippen LogP contribution in [-0.4, -0.2) is 15.2 Å². The van der Waals surface area contributed by atoms with Gasteiger partial charge < -0.3 is 14.4 Å². The largest absolute Gasteiger partial charge is 0.482 e. The molecule has 1 aliphatic rings. The van der Waals surface area contributed by atoms with Gasteiger partial charge >= 0.3 is 0 Å². The fourth-order valence-electron chi connectivity index (χ4n) is 1.87. The van der Waals surface area contributed by atoms with Gasteiger partial charge in [-0.25, -0.2) is 0 Å². The minimum Gasteiger partial charge on any atom is -0.482 e. The van der Waals surface area contributed by atoms with E-state index in [0.29, 0.717) is 22.6 Å². The Bertz CT molecular complexity index is 608. The molecule has 20 heavy (non-hydrogen) atoms. The molecule has 0 saturated heterocycles. The number of nitrogens with zero attached hydrogens (tertiary/aromatic N) is 2. The molecule has 2 aromatic rings. The topological polar surface area (TPSA) is 68.4 Å². The summed E-state index contributed by atoms with van der Waals surface area (Å²) in [5, 5.41) is 13.8. The monoisotopic (exact) mass is 294 g/mol. The molecule has 1 aliphatic carbocycles. The van der Waals surface area contributed by atoms with E-state index in [9.17, 15) is 5.11 Å². The van der Waals surface area contributed by atoms with Crippen molar-refractivity contribution < 1.29 is 14.4 Å². The summed E-state index contributed by atoms with van der Waals surface area (Å²) in [6.45, 7) is 1.87. The first-order valence-electron chi connectivity index (χ1n) is 6.56. The Kier molecular flexibility index (Phi) is 3.63. The first kappa shape index (κ1) is 13.4. The fraction of sp³-hybridized carbons (Fsp3) is 0.429. The quantitative estimate of drug-likeness (QED) is 0.917. The number of benzene rings is 1. The minimum absolute atomic E-state index is 0.188. The van der Waals surface area contributed by atoms with E-state index in [2.05, 4.69) is 10.1 Å². The molecule has 1 N–H and O–H groups in total. The molecule has 0 radical (unpaired) electrons. The second-order valence-corrected chi connectivity index (χ2v) is 5.38. The molecule has 106 valence electrons. The summed E-state index contributed by atoms with van der Waals surface area (Å²) in [6.07, 6.45) is 1.71. The van der Waals surface area contributed by atoms with Crippen LogP contribution in [0.5, 0.6) is 5.75 Å². The third kappa shape index (κ3) is 2.94. The smallest absolute Gasteiger partial charge is 0.264 e. The van der Waals surface area contributed by atoms with E-state index in [1.54, 1.807) is 25.1 Å². The van der Waals surface area contributed by atoms with E-state index in [4.69, 9.17) is 20.9 Å². The number of aliphatic hydroxyl groups excluding tert-OH is 1. The minimum atomic E-state index is -0.557. The number of hydrogen-bond donors (Lipinski definition) is 1. The van der Waals surface area contributed by atoms with Crippen LogP contribution in [-0.2, 0) is 6.61 Å². The highest BCUT2D eigenvalue weighted by molar-refractivity contribution is 6.32. The Balaban J connectivity index is 1.65. The van der Waals surface area contributed by atoms with Crippen LogP contribution in [0.2, 0.25) is 5.02 Å². The van der Waals surface area contributed by atoms with E-state index in [0.717, 1.165) is 24.2 Å². The van der Waals surface area contributed by atoms with Crippen molar-refractivity contribution in [1.29, 1.82) is 0 Å². The standard InChI is InChI=1S/C14H15ClN2O3/c1-8(18)10-4-5-12(11(15)6-10)19-7-13-16-14(17-20-13)9-2-3-9/h4-6,8-9,18H,2-3,7H2,1H3. The maximum absolute atomic E-state index is 9.47. The van der Waals surface area contributed by atoms with Gasteiger partial charge in [-0.05, 0) is 37.5 Å². The van der Waals surface area contributed by atoms with E-state index in [1.165, 1.54) is 0 Å². The van der Waals surface area contributed by atoms with Crippen LogP contribution in [0, 0.1) is 0 Å². The summed E-state index contributed by atoms with van der Waals surface area (Å²) in [7, 11) is 0.